The van der Waals surface area contributed by atoms with E-state index in [1.807, 2.05) is 25.1 Å². The molecule has 2 atom stereocenters. The lowest BCUT2D eigenvalue weighted by atomic mass is 10.0. The molecule has 0 radical (unpaired) electrons. The average Bonchev–Trinajstić information content (AvgIpc) is 2.41. The first-order valence-corrected chi connectivity index (χ1v) is 8.23. The van der Waals surface area contributed by atoms with Gasteiger partial charge in [0.1, 0.15) is 0 Å². The number of likely N-dealkylation sites (tertiary alicyclic amines) is 1. The summed E-state index contributed by atoms with van der Waals surface area (Å²) in [5, 5.41) is 2.99. The lowest BCUT2D eigenvalue weighted by Crippen LogP contribution is -3.13. The number of halogens is 1. The van der Waals surface area contributed by atoms with Crippen LogP contribution in [0.3, 0.4) is 0 Å². The molecule has 0 saturated carbocycles. The largest absolute Gasteiger partial charge is 0.334 e. The fourth-order valence-corrected chi connectivity index (χ4v) is 3.11. The molecule has 1 amide bonds. The Kier molecular flexibility index (Phi) is 5.61. The quantitative estimate of drug-likeness (QED) is 0.867. The van der Waals surface area contributed by atoms with Crippen LogP contribution < -0.4 is 10.2 Å². The van der Waals surface area contributed by atoms with Gasteiger partial charge >= 0.3 is 0 Å². The van der Waals surface area contributed by atoms with Crippen LogP contribution in [-0.4, -0.2) is 25.5 Å². The van der Waals surface area contributed by atoms with Crippen molar-refractivity contribution in [3.63, 3.8) is 0 Å². The summed E-state index contributed by atoms with van der Waals surface area (Å²) >= 11 is 3.47. The lowest BCUT2D eigenvalue weighted by molar-refractivity contribution is -0.907. The highest BCUT2D eigenvalue weighted by Crippen LogP contribution is 2.19. The summed E-state index contributed by atoms with van der Waals surface area (Å²) in [6.07, 6.45) is 3.25. The normalized spacial score (nSPS) is 22.6. The van der Waals surface area contributed by atoms with Gasteiger partial charge in [0.05, 0.1) is 26.1 Å². The Morgan fingerprint density at radius 2 is 2.30 bits per heavy atom. The number of carbonyl (C=O) groups excluding carboxylic acids is 1. The molecule has 1 fully saturated rings. The summed E-state index contributed by atoms with van der Waals surface area (Å²) in [5.41, 5.74) is 2.02. The molecule has 4 heteroatoms. The number of aryl methyl sites for hydroxylation is 1. The molecule has 110 valence electrons. The standard InChI is InChI=1S/C16H23BrN2O/c1-12-4-3-8-19(11-12)9-7-16(20)18-14-5-6-15(17)13(2)10-14/h5-6,10,12H,3-4,7-9,11H2,1-2H3,(H,18,20)/p+1/t12-/m1/s1. The number of amides is 1. The molecule has 1 saturated heterocycles. The van der Waals surface area contributed by atoms with Gasteiger partial charge in [-0.1, -0.05) is 22.9 Å². The van der Waals surface area contributed by atoms with Crippen molar-refractivity contribution in [2.75, 3.05) is 25.0 Å². The maximum Gasteiger partial charge on any atom is 0.230 e. The van der Waals surface area contributed by atoms with Crippen molar-refractivity contribution < 1.29 is 9.69 Å². The number of carbonyl (C=O) groups is 1. The average molecular weight is 340 g/mol. The Bertz CT molecular complexity index is 476. The van der Waals surface area contributed by atoms with Crippen molar-refractivity contribution in [1.82, 2.24) is 0 Å². The van der Waals surface area contributed by atoms with E-state index < -0.39 is 0 Å². The van der Waals surface area contributed by atoms with Crippen LogP contribution in [0.4, 0.5) is 5.69 Å². The number of nitrogens with one attached hydrogen (secondary N) is 2. The highest BCUT2D eigenvalue weighted by Gasteiger charge is 2.20. The van der Waals surface area contributed by atoms with Gasteiger partial charge in [-0.15, -0.1) is 0 Å². The number of piperidine rings is 1. The first kappa shape index (κ1) is 15.5. The zero-order valence-electron chi connectivity index (χ0n) is 12.3. The van der Waals surface area contributed by atoms with E-state index in [0.717, 1.165) is 28.2 Å². The number of quaternary nitrogens is 1. The number of hydrogen-bond donors (Lipinski definition) is 2. The van der Waals surface area contributed by atoms with E-state index in [0.29, 0.717) is 6.42 Å². The minimum atomic E-state index is 0.123. The van der Waals surface area contributed by atoms with Gasteiger partial charge in [-0.3, -0.25) is 4.79 Å². The lowest BCUT2D eigenvalue weighted by Gasteiger charge is -2.27. The van der Waals surface area contributed by atoms with Gasteiger partial charge in [0, 0.05) is 16.1 Å². The Balaban J connectivity index is 1.78. The topological polar surface area (TPSA) is 33.5 Å². The number of hydrogen-bond acceptors (Lipinski definition) is 1. The van der Waals surface area contributed by atoms with Gasteiger partial charge < -0.3 is 10.2 Å². The van der Waals surface area contributed by atoms with Crippen molar-refractivity contribution in [2.24, 2.45) is 5.92 Å². The molecule has 1 heterocycles. The second-order valence-electron chi connectivity index (χ2n) is 5.96. The van der Waals surface area contributed by atoms with Crippen molar-refractivity contribution in [1.29, 1.82) is 0 Å². The summed E-state index contributed by atoms with van der Waals surface area (Å²) < 4.78 is 1.07. The minimum absolute atomic E-state index is 0.123. The van der Waals surface area contributed by atoms with Gasteiger partial charge in [-0.2, -0.15) is 0 Å². The highest BCUT2D eigenvalue weighted by atomic mass is 79.9. The fourth-order valence-electron chi connectivity index (χ4n) is 2.86. The third-order valence-corrected chi connectivity index (χ3v) is 4.90. The van der Waals surface area contributed by atoms with Crippen LogP contribution in [0.25, 0.3) is 0 Å². The van der Waals surface area contributed by atoms with Gasteiger partial charge in [0.2, 0.25) is 5.91 Å². The third kappa shape index (κ3) is 4.60. The second kappa shape index (κ2) is 7.23. The van der Waals surface area contributed by atoms with Crippen molar-refractivity contribution in [2.45, 2.75) is 33.1 Å². The summed E-state index contributed by atoms with van der Waals surface area (Å²) in [7, 11) is 0. The van der Waals surface area contributed by atoms with Crippen molar-refractivity contribution in [3.8, 4) is 0 Å². The van der Waals surface area contributed by atoms with Gasteiger partial charge in [-0.05, 0) is 43.5 Å². The fraction of sp³-hybridized carbons (Fsp3) is 0.562. The third-order valence-electron chi connectivity index (χ3n) is 4.01. The maximum atomic E-state index is 12.0. The van der Waals surface area contributed by atoms with Crippen LogP contribution in [0, 0.1) is 12.8 Å². The van der Waals surface area contributed by atoms with Crippen LogP contribution in [0.5, 0.6) is 0 Å². The van der Waals surface area contributed by atoms with Crippen molar-refractivity contribution >= 4 is 27.5 Å². The zero-order chi connectivity index (χ0) is 14.5. The van der Waals surface area contributed by atoms with Crippen molar-refractivity contribution in [3.05, 3.63) is 28.2 Å². The van der Waals surface area contributed by atoms with Gasteiger partial charge in [0.15, 0.2) is 0 Å². The smallest absolute Gasteiger partial charge is 0.230 e. The van der Waals surface area contributed by atoms with Crippen LogP contribution in [0.15, 0.2) is 22.7 Å². The van der Waals surface area contributed by atoms with E-state index in [1.165, 1.54) is 25.9 Å². The molecule has 0 aliphatic carbocycles. The van der Waals surface area contributed by atoms with Gasteiger partial charge in [0.25, 0.3) is 0 Å². The molecule has 2 rings (SSSR count). The first-order valence-electron chi connectivity index (χ1n) is 7.44. The van der Waals surface area contributed by atoms with Gasteiger partial charge in [-0.25, -0.2) is 0 Å². The monoisotopic (exact) mass is 339 g/mol. The molecule has 3 nitrogen and oxygen atoms in total. The van der Waals surface area contributed by atoms with E-state index in [-0.39, 0.29) is 5.91 Å². The minimum Gasteiger partial charge on any atom is -0.334 e. The van der Waals surface area contributed by atoms with E-state index in [1.54, 1.807) is 4.90 Å². The Labute approximate surface area is 129 Å². The van der Waals surface area contributed by atoms with Crippen LogP contribution in [-0.2, 0) is 4.79 Å². The summed E-state index contributed by atoms with van der Waals surface area (Å²) in [5.74, 6) is 0.924. The van der Waals surface area contributed by atoms with Crippen LogP contribution >= 0.6 is 15.9 Å². The summed E-state index contributed by atoms with van der Waals surface area (Å²) in [6.45, 7) is 7.72. The van der Waals surface area contributed by atoms with E-state index >= 15 is 0 Å². The number of benzene rings is 1. The molecule has 0 bridgehead atoms. The zero-order valence-corrected chi connectivity index (χ0v) is 13.9. The molecular weight excluding hydrogens is 316 g/mol. The van der Waals surface area contributed by atoms with E-state index in [9.17, 15) is 4.79 Å². The highest BCUT2D eigenvalue weighted by molar-refractivity contribution is 9.10. The maximum absolute atomic E-state index is 12.0. The van der Waals surface area contributed by atoms with E-state index in [4.69, 9.17) is 0 Å². The molecular formula is C16H24BrN2O+. The molecule has 1 aromatic carbocycles. The molecule has 1 aromatic rings. The Morgan fingerprint density at radius 1 is 1.50 bits per heavy atom. The number of rotatable bonds is 4. The predicted octanol–water partition coefficient (Wildman–Crippen LogP) is 2.40. The molecule has 1 unspecified atom stereocenters. The molecule has 0 spiro atoms. The molecule has 0 aromatic heterocycles. The summed E-state index contributed by atoms with van der Waals surface area (Å²) in [6, 6.07) is 5.91. The molecule has 2 N–H and O–H groups in total. The SMILES string of the molecule is Cc1cc(NC(=O)CC[NH+]2CCC[C@@H](C)C2)ccc1Br. The first-order chi connectivity index (χ1) is 9.54. The van der Waals surface area contributed by atoms with Crippen LogP contribution in [0.1, 0.15) is 31.7 Å². The molecule has 20 heavy (non-hydrogen) atoms. The molecule has 1 aliphatic heterocycles. The summed E-state index contributed by atoms with van der Waals surface area (Å²) in [4.78, 5) is 13.6. The number of anilines is 1. The Morgan fingerprint density at radius 3 is 3.00 bits per heavy atom. The Hall–Kier alpha value is -0.870. The predicted molar refractivity (Wildman–Crippen MR) is 86.1 cm³/mol. The van der Waals surface area contributed by atoms with E-state index in [2.05, 4.69) is 28.2 Å². The molecule has 1 aliphatic rings. The second-order valence-corrected chi connectivity index (χ2v) is 6.82. The van der Waals surface area contributed by atoms with Crippen LogP contribution in [0.2, 0.25) is 0 Å².